The first kappa shape index (κ1) is 15.0. The number of β-amino-alcohol motifs (C(OH)–C–C–N with tert-alkyl or cyclic N) is 1. The summed E-state index contributed by atoms with van der Waals surface area (Å²) < 4.78 is 4.80. The molecule has 1 aliphatic heterocycles. The number of benzene rings is 1. The third kappa shape index (κ3) is 3.81. The number of hydrogen-bond acceptors (Lipinski definition) is 4. The first-order valence-corrected chi connectivity index (χ1v) is 7.15. The van der Waals surface area contributed by atoms with E-state index in [-0.39, 0.29) is 12.0 Å². The Morgan fingerprint density at radius 3 is 3.00 bits per heavy atom. The van der Waals surface area contributed by atoms with Gasteiger partial charge in [-0.3, -0.25) is 9.69 Å². The molecule has 1 saturated heterocycles. The predicted molar refractivity (Wildman–Crippen MR) is 77.5 cm³/mol. The third-order valence-electron chi connectivity index (χ3n) is 3.85. The summed E-state index contributed by atoms with van der Waals surface area (Å²) in [7, 11) is 1.40. The minimum atomic E-state index is -0.418. The Kier molecular flexibility index (Phi) is 5.15. The van der Waals surface area contributed by atoms with Crippen molar-refractivity contribution in [2.24, 2.45) is 0 Å². The van der Waals surface area contributed by atoms with Crippen LogP contribution in [0.3, 0.4) is 0 Å². The number of esters is 1. The number of aliphatic hydroxyl groups excluding tert-OH is 1. The zero-order chi connectivity index (χ0) is 14.5. The van der Waals surface area contributed by atoms with Gasteiger partial charge in [-0.25, -0.2) is 0 Å². The molecule has 0 bridgehead atoms. The molecule has 0 unspecified atom stereocenters. The minimum absolute atomic E-state index is 0.239. The van der Waals surface area contributed by atoms with E-state index >= 15 is 0 Å². The van der Waals surface area contributed by atoms with E-state index in [0.29, 0.717) is 13.0 Å². The molecule has 1 aromatic rings. The largest absolute Gasteiger partial charge is 0.468 e. The van der Waals surface area contributed by atoms with Gasteiger partial charge in [0.05, 0.1) is 13.2 Å². The molecule has 1 aromatic carbocycles. The molecule has 1 N–H and O–H groups in total. The second kappa shape index (κ2) is 6.86. The van der Waals surface area contributed by atoms with Gasteiger partial charge in [-0.15, -0.1) is 0 Å². The Balaban J connectivity index is 1.85. The second-order valence-electron chi connectivity index (χ2n) is 5.52. The van der Waals surface area contributed by atoms with Crippen LogP contribution in [-0.2, 0) is 16.0 Å². The number of likely N-dealkylation sites (tertiary alicyclic amines) is 1. The molecule has 4 nitrogen and oxygen atoms in total. The summed E-state index contributed by atoms with van der Waals surface area (Å²) in [5.41, 5.74) is 2.59. The molecule has 0 aromatic heterocycles. The van der Waals surface area contributed by atoms with E-state index in [1.807, 2.05) is 4.90 Å². The standard InChI is InChI=1S/C16H23NO3/c1-12-5-3-6-13(9-12)7-4-8-17-11-14(18)10-15(17)16(19)20-2/h3,5-6,9,14-15,18H,4,7-8,10-11H2,1-2H3/t14-,15-/m1/s1. The molecule has 4 heteroatoms. The molecule has 2 atom stereocenters. The molecule has 0 amide bonds. The fourth-order valence-corrected chi connectivity index (χ4v) is 2.86. The van der Waals surface area contributed by atoms with Crippen molar-refractivity contribution >= 4 is 5.97 Å². The smallest absolute Gasteiger partial charge is 0.323 e. The van der Waals surface area contributed by atoms with Gasteiger partial charge in [-0.2, -0.15) is 0 Å². The summed E-state index contributed by atoms with van der Waals surface area (Å²) in [6.45, 7) is 3.46. The zero-order valence-corrected chi connectivity index (χ0v) is 12.2. The van der Waals surface area contributed by atoms with Gasteiger partial charge < -0.3 is 9.84 Å². The quantitative estimate of drug-likeness (QED) is 0.829. The lowest BCUT2D eigenvalue weighted by molar-refractivity contribution is -0.145. The van der Waals surface area contributed by atoms with Crippen LogP contribution in [0.1, 0.15) is 24.0 Å². The van der Waals surface area contributed by atoms with Gasteiger partial charge in [0.1, 0.15) is 6.04 Å². The van der Waals surface area contributed by atoms with Gasteiger partial charge in [0.25, 0.3) is 0 Å². The number of methoxy groups -OCH3 is 1. The molecular weight excluding hydrogens is 254 g/mol. The van der Waals surface area contributed by atoms with E-state index in [2.05, 4.69) is 31.2 Å². The lowest BCUT2D eigenvalue weighted by Gasteiger charge is -2.21. The number of hydrogen-bond donors (Lipinski definition) is 1. The maximum absolute atomic E-state index is 11.7. The molecule has 0 aliphatic carbocycles. The van der Waals surface area contributed by atoms with Crippen LogP contribution in [0.4, 0.5) is 0 Å². The number of nitrogens with zero attached hydrogens (tertiary/aromatic N) is 1. The highest BCUT2D eigenvalue weighted by Crippen LogP contribution is 2.19. The predicted octanol–water partition coefficient (Wildman–Crippen LogP) is 1.54. The second-order valence-corrected chi connectivity index (χ2v) is 5.52. The zero-order valence-electron chi connectivity index (χ0n) is 12.2. The van der Waals surface area contributed by atoms with Gasteiger partial charge in [0.2, 0.25) is 0 Å². The Bertz CT molecular complexity index is 461. The summed E-state index contributed by atoms with van der Waals surface area (Å²) in [5, 5.41) is 9.72. The molecule has 20 heavy (non-hydrogen) atoms. The number of carbonyl (C=O) groups excluding carboxylic acids is 1. The molecule has 0 saturated carbocycles. The first-order chi connectivity index (χ1) is 9.60. The van der Waals surface area contributed by atoms with Crippen molar-refractivity contribution in [3.63, 3.8) is 0 Å². The minimum Gasteiger partial charge on any atom is -0.468 e. The van der Waals surface area contributed by atoms with E-state index in [1.54, 1.807) is 0 Å². The van der Waals surface area contributed by atoms with E-state index in [4.69, 9.17) is 4.74 Å². The van der Waals surface area contributed by atoms with Crippen LogP contribution in [0.25, 0.3) is 0 Å². The maximum atomic E-state index is 11.7. The summed E-state index contributed by atoms with van der Waals surface area (Å²) in [5.74, 6) is -0.239. The SMILES string of the molecule is COC(=O)[C@H]1C[C@@H](O)CN1CCCc1cccc(C)c1. The summed E-state index contributed by atoms with van der Waals surface area (Å²) in [6.07, 6.45) is 2.03. The van der Waals surface area contributed by atoms with Crippen LogP contribution < -0.4 is 0 Å². The Morgan fingerprint density at radius 2 is 2.30 bits per heavy atom. The van der Waals surface area contributed by atoms with Crippen molar-refractivity contribution in [3.05, 3.63) is 35.4 Å². The van der Waals surface area contributed by atoms with E-state index < -0.39 is 6.10 Å². The van der Waals surface area contributed by atoms with Gasteiger partial charge in [0.15, 0.2) is 0 Å². The van der Waals surface area contributed by atoms with Crippen LogP contribution in [-0.4, -0.2) is 48.3 Å². The van der Waals surface area contributed by atoms with Crippen molar-refractivity contribution < 1.29 is 14.6 Å². The molecule has 0 radical (unpaired) electrons. The van der Waals surface area contributed by atoms with Gasteiger partial charge in [-0.05, 0) is 31.9 Å². The number of rotatable bonds is 5. The number of aliphatic hydroxyl groups is 1. The highest BCUT2D eigenvalue weighted by atomic mass is 16.5. The topological polar surface area (TPSA) is 49.8 Å². The first-order valence-electron chi connectivity index (χ1n) is 7.15. The average Bonchev–Trinajstić information content (AvgIpc) is 2.79. The monoisotopic (exact) mass is 277 g/mol. The normalized spacial score (nSPS) is 22.9. The third-order valence-corrected chi connectivity index (χ3v) is 3.85. The lowest BCUT2D eigenvalue weighted by Crippen LogP contribution is -2.37. The van der Waals surface area contributed by atoms with Crippen molar-refractivity contribution in [2.75, 3.05) is 20.2 Å². The lowest BCUT2D eigenvalue weighted by atomic mass is 10.1. The average molecular weight is 277 g/mol. The molecular formula is C16H23NO3. The maximum Gasteiger partial charge on any atom is 0.323 e. The van der Waals surface area contributed by atoms with Gasteiger partial charge in [-0.1, -0.05) is 29.8 Å². The van der Waals surface area contributed by atoms with Gasteiger partial charge in [0, 0.05) is 13.0 Å². The van der Waals surface area contributed by atoms with Crippen LogP contribution in [0.5, 0.6) is 0 Å². The highest BCUT2D eigenvalue weighted by molar-refractivity contribution is 5.76. The van der Waals surface area contributed by atoms with Crippen molar-refractivity contribution in [1.29, 1.82) is 0 Å². The number of ether oxygens (including phenoxy) is 1. The van der Waals surface area contributed by atoms with E-state index in [0.717, 1.165) is 19.4 Å². The van der Waals surface area contributed by atoms with Crippen LogP contribution in [0, 0.1) is 6.92 Å². The fraction of sp³-hybridized carbons (Fsp3) is 0.562. The van der Waals surface area contributed by atoms with Crippen molar-refractivity contribution in [2.45, 2.75) is 38.3 Å². The molecule has 110 valence electrons. The van der Waals surface area contributed by atoms with E-state index in [1.165, 1.54) is 18.2 Å². The molecule has 1 aliphatic rings. The molecule has 1 fully saturated rings. The van der Waals surface area contributed by atoms with Crippen LogP contribution in [0.2, 0.25) is 0 Å². The van der Waals surface area contributed by atoms with Crippen molar-refractivity contribution in [3.8, 4) is 0 Å². The summed E-state index contributed by atoms with van der Waals surface area (Å²) in [4.78, 5) is 13.7. The Morgan fingerprint density at radius 1 is 1.50 bits per heavy atom. The summed E-state index contributed by atoms with van der Waals surface area (Å²) >= 11 is 0. The van der Waals surface area contributed by atoms with Crippen LogP contribution in [0.15, 0.2) is 24.3 Å². The van der Waals surface area contributed by atoms with Crippen LogP contribution >= 0.6 is 0 Å². The number of carbonyl (C=O) groups is 1. The van der Waals surface area contributed by atoms with E-state index in [9.17, 15) is 9.90 Å². The Hall–Kier alpha value is -1.39. The number of aryl methyl sites for hydroxylation is 2. The molecule has 2 rings (SSSR count). The fourth-order valence-electron chi connectivity index (χ4n) is 2.86. The Labute approximate surface area is 120 Å². The summed E-state index contributed by atoms with van der Waals surface area (Å²) in [6, 6.07) is 8.20. The molecule has 0 spiro atoms. The highest BCUT2D eigenvalue weighted by Gasteiger charge is 2.36. The van der Waals surface area contributed by atoms with Crippen molar-refractivity contribution in [1.82, 2.24) is 4.90 Å². The van der Waals surface area contributed by atoms with Gasteiger partial charge >= 0.3 is 5.97 Å². The molecule has 1 heterocycles.